The van der Waals surface area contributed by atoms with Crippen LogP contribution in [0.4, 0.5) is 0 Å². The second kappa shape index (κ2) is 4.51. The van der Waals surface area contributed by atoms with Gasteiger partial charge in [-0.25, -0.2) is 4.79 Å². The maximum absolute atomic E-state index is 11.3. The molecule has 4 aliphatic carbocycles. The third kappa shape index (κ3) is 1.91. The lowest BCUT2D eigenvalue weighted by Gasteiger charge is -2.55. The van der Waals surface area contributed by atoms with E-state index in [4.69, 9.17) is 0 Å². The minimum atomic E-state index is -0.810. The molecule has 3 nitrogen and oxygen atoms in total. The fourth-order valence-corrected chi connectivity index (χ4v) is 5.44. The predicted octanol–water partition coefficient (Wildman–Crippen LogP) is 3.56. The average Bonchev–Trinajstić information content (AvgIpc) is 2.89. The summed E-state index contributed by atoms with van der Waals surface area (Å²) in [4.78, 5) is 14.3. The van der Waals surface area contributed by atoms with Gasteiger partial charge in [0.15, 0.2) is 0 Å². The van der Waals surface area contributed by atoms with Crippen LogP contribution in [-0.2, 0) is 4.79 Å². The van der Waals surface area contributed by atoms with E-state index in [1.165, 1.54) is 38.2 Å². The van der Waals surface area contributed by atoms with E-state index < -0.39 is 5.97 Å². The first-order valence-electron chi connectivity index (χ1n) is 7.78. The number of nitrogens with one attached hydrogen (secondary N) is 1. The second-order valence-corrected chi connectivity index (χ2v) is 6.99. The van der Waals surface area contributed by atoms with E-state index in [1.807, 2.05) is 18.5 Å². The van der Waals surface area contributed by atoms with Crippen molar-refractivity contribution in [2.75, 3.05) is 0 Å². The SMILES string of the molecule is O=C(O)/C=C(/c1cc[nH]c1)C1C2CC3CC(C2)CC1C3. The van der Waals surface area contributed by atoms with Crippen molar-refractivity contribution in [1.82, 2.24) is 4.98 Å². The number of aromatic nitrogens is 1. The zero-order valence-electron chi connectivity index (χ0n) is 11.6. The molecule has 5 rings (SSSR count). The van der Waals surface area contributed by atoms with Crippen LogP contribution in [0.15, 0.2) is 24.5 Å². The molecule has 1 aromatic rings. The van der Waals surface area contributed by atoms with E-state index >= 15 is 0 Å². The molecular weight excluding hydrogens is 250 g/mol. The fraction of sp³-hybridized carbons (Fsp3) is 0.588. The third-order valence-electron chi connectivity index (χ3n) is 5.80. The van der Waals surface area contributed by atoms with E-state index in [1.54, 1.807) is 0 Å². The quantitative estimate of drug-likeness (QED) is 0.826. The first-order chi connectivity index (χ1) is 9.70. The summed E-state index contributed by atoms with van der Waals surface area (Å²) < 4.78 is 0. The summed E-state index contributed by atoms with van der Waals surface area (Å²) >= 11 is 0. The Hall–Kier alpha value is -1.51. The van der Waals surface area contributed by atoms with E-state index in [-0.39, 0.29) is 0 Å². The largest absolute Gasteiger partial charge is 0.478 e. The van der Waals surface area contributed by atoms with Crippen LogP contribution in [0.3, 0.4) is 0 Å². The van der Waals surface area contributed by atoms with Gasteiger partial charge in [0.25, 0.3) is 0 Å². The number of aliphatic carboxylic acids is 1. The lowest BCUT2D eigenvalue weighted by molar-refractivity contribution is -0.131. The van der Waals surface area contributed by atoms with Crippen LogP contribution < -0.4 is 0 Å². The van der Waals surface area contributed by atoms with Gasteiger partial charge in [0, 0.05) is 18.5 Å². The molecule has 0 radical (unpaired) electrons. The lowest BCUT2D eigenvalue weighted by Crippen LogP contribution is -2.45. The van der Waals surface area contributed by atoms with Crippen LogP contribution in [-0.4, -0.2) is 16.1 Å². The number of rotatable bonds is 3. The molecule has 20 heavy (non-hydrogen) atoms. The molecule has 1 heterocycles. The summed E-state index contributed by atoms with van der Waals surface area (Å²) in [6.07, 6.45) is 12.0. The van der Waals surface area contributed by atoms with E-state index in [2.05, 4.69) is 4.98 Å². The zero-order chi connectivity index (χ0) is 13.7. The van der Waals surface area contributed by atoms with Crippen molar-refractivity contribution in [3.05, 3.63) is 30.1 Å². The molecule has 0 aliphatic heterocycles. The Bertz CT molecular complexity index is 515. The molecule has 0 spiro atoms. The van der Waals surface area contributed by atoms with Gasteiger partial charge in [-0.2, -0.15) is 0 Å². The molecule has 4 saturated carbocycles. The number of carbonyl (C=O) groups is 1. The number of aromatic amines is 1. The monoisotopic (exact) mass is 271 g/mol. The Morgan fingerprint density at radius 3 is 2.30 bits per heavy atom. The average molecular weight is 271 g/mol. The van der Waals surface area contributed by atoms with Gasteiger partial charge in [0.1, 0.15) is 0 Å². The summed E-state index contributed by atoms with van der Waals surface area (Å²) in [5, 5.41) is 9.25. The van der Waals surface area contributed by atoms with E-state index in [9.17, 15) is 9.90 Å². The number of carboxylic acids is 1. The Morgan fingerprint density at radius 1 is 1.15 bits per heavy atom. The predicted molar refractivity (Wildman–Crippen MR) is 76.9 cm³/mol. The summed E-state index contributed by atoms with van der Waals surface area (Å²) in [6.45, 7) is 0. The molecule has 4 fully saturated rings. The number of carboxylic acid groups (broad SMARTS) is 1. The highest BCUT2D eigenvalue weighted by molar-refractivity contribution is 5.90. The molecule has 0 unspecified atom stereocenters. The van der Waals surface area contributed by atoms with Crippen LogP contribution >= 0.6 is 0 Å². The van der Waals surface area contributed by atoms with Crippen molar-refractivity contribution in [3.63, 3.8) is 0 Å². The normalized spacial score (nSPS) is 39.2. The van der Waals surface area contributed by atoms with Crippen LogP contribution in [0.5, 0.6) is 0 Å². The summed E-state index contributed by atoms with van der Waals surface area (Å²) in [5.41, 5.74) is 2.14. The van der Waals surface area contributed by atoms with Crippen molar-refractivity contribution >= 4 is 11.5 Å². The van der Waals surface area contributed by atoms with Crippen molar-refractivity contribution in [1.29, 1.82) is 0 Å². The molecule has 106 valence electrons. The Balaban J connectivity index is 1.72. The third-order valence-corrected chi connectivity index (χ3v) is 5.80. The van der Waals surface area contributed by atoms with Gasteiger partial charge in [-0.3, -0.25) is 0 Å². The zero-order valence-corrected chi connectivity index (χ0v) is 11.6. The summed E-state index contributed by atoms with van der Waals surface area (Å²) in [5.74, 6) is 2.93. The van der Waals surface area contributed by atoms with Crippen molar-refractivity contribution in [2.45, 2.75) is 32.1 Å². The molecule has 0 saturated heterocycles. The van der Waals surface area contributed by atoms with Crippen molar-refractivity contribution in [2.24, 2.45) is 29.6 Å². The Labute approximate surface area is 119 Å². The van der Waals surface area contributed by atoms with E-state index in [0.29, 0.717) is 17.8 Å². The Morgan fingerprint density at radius 2 is 1.80 bits per heavy atom. The first kappa shape index (κ1) is 12.2. The van der Waals surface area contributed by atoms with Gasteiger partial charge >= 0.3 is 5.97 Å². The van der Waals surface area contributed by atoms with Crippen molar-refractivity contribution in [3.8, 4) is 0 Å². The molecule has 4 bridgehead atoms. The topological polar surface area (TPSA) is 53.1 Å². The summed E-state index contributed by atoms with van der Waals surface area (Å²) in [7, 11) is 0. The molecular formula is C17H21NO2. The van der Waals surface area contributed by atoms with Crippen molar-refractivity contribution < 1.29 is 9.90 Å². The standard InChI is InChI=1S/C17H21NO2/c19-16(20)8-15(12-1-2-18-9-12)17-13-4-10-3-11(6-13)7-14(17)5-10/h1-2,8-11,13-14,17-18H,3-7H2,(H,19,20)/b15-8-. The highest BCUT2D eigenvalue weighted by Crippen LogP contribution is 2.59. The first-order valence-corrected chi connectivity index (χ1v) is 7.78. The Kier molecular flexibility index (Phi) is 2.76. The minimum absolute atomic E-state index is 0.467. The molecule has 4 aliphatic rings. The van der Waals surface area contributed by atoms with Gasteiger partial charge < -0.3 is 10.1 Å². The number of hydrogen-bond acceptors (Lipinski definition) is 1. The highest BCUT2D eigenvalue weighted by atomic mass is 16.4. The second-order valence-electron chi connectivity index (χ2n) is 6.99. The number of H-pyrrole nitrogens is 1. The smallest absolute Gasteiger partial charge is 0.328 e. The maximum atomic E-state index is 11.3. The number of hydrogen-bond donors (Lipinski definition) is 2. The van der Waals surface area contributed by atoms with Gasteiger partial charge in [-0.05, 0) is 78.9 Å². The molecule has 2 N–H and O–H groups in total. The van der Waals surface area contributed by atoms with E-state index in [0.717, 1.165) is 23.0 Å². The minimum Gasteiger partial charge on any atom is -0.478 e. The van der Waals surface area contributed by atoms with Gasteiger partial charge in [-0.15, -0.1) is 0 Å². The van der Waals surface area contributed by atoms with Gasteiger partial charge in [-0.1, -0.05) is 0 Å². The maximum Gasteiger partial charge on any atom is 0.328 e. The van der Waals surface area contributed by atoms with Gasteiger partial charge in [0.05, 0.1) is 0 Å². The van der Waals surface area contributed by atoms with Gasteiger partial charge in [0.2, 0.25) is 0 Å². The van der Waals surface area contributed by atoms with Crippen LogP contribution in [0.25, 0.3) is 5.57 Å². The molecule has 1 aromatic heterocycles. The summed E-state index contributed by atoms with van der Waals surface area (Å²) in [6, 6.07) is 2.01. The molecule has 3 heteroatoms. The van der Waals surface area contributed by atoms with Crippen LogP contribution in [0.2, 0.25) is 0 Å². The molecule has 0 atom stereocenters. The van der Waals surface area contributed by atoms with Crippen LogP contribution in [0, 0.1) is 29.6 Å². The lowest BCUT2D eigenvalue weighted by atomic mass is 9.50. The number of allylic oxidation sites excluding steroid dienone is 1. The fourth-order valence-electron chi connectivity index (χ4n) is 5.44. The molecule has 0 amide bonds. The highest BCUT2D eigenvalue weighted by Gasteiger charge is 2.49. The molecule has 0 aromatic carbocycles. The van der Waals surface area contributed by atoms with Crippen LogP contribution in [0.1, 0.15) is 37.7 Å².